The zero-order valence-corrected chi connectivity index (χ0v) is 29.3. The Morgan fingerprint density at radius 2 is 1.63 bits per heavy atom. The minimum atomic E-state index is -0.994. The summed E-state index contributed by atoms with van der Waals surface area (Å²) in [5.41, 5.74) is -0.638. The van der Waals surface area contributed by atoms with Crippen LogP contribution in [0.5, 0.6) is 0 Å². The van der Waals surface area contributed by atoms with Gasteiger partial charge < -0.3 is 26.2 Å². The van der Waals surface area contributed by atoms with E-state index in [0.717, 1.165) is 64.2 Å². The van der Waals surface area contributed by atoms with Crippen LogP contribution in [-0.4, -0.2) is 86.9 Å². The molecule has 2 heterocycles. The molecule has 5 amide bonds. The summed E-state index contributed by atoms with van der Waals surface area (Å²) in [6.07, 6.45) is 13.9. The molecule has 1 unspecified atom stereocenters. The van der Waals surface area contributed by atoms with Gasteiger partial charge in [-0.3, -0.25) is 33.8 Å². The van der Waals surface area contributed by atoms with Crippen LogP contribution in [0.3, 0.4) is 0 Å². The Labute approximate surface area is 288 Å². The average molecular weight is 680 g/mol. The highest BCUT2D eigenvalue weighted by Crippen LogP contribution is 2.43. The predicted molar refractivity (Wildman–Crippen MR) is 181 cm³/mol. The minimum absolute atomic E-state index is 0.0132. The van der Waals surface area contributed by atoms with E-state index in [1.54, 1.807) is 4.90 Å². The summed E-state index contributed by atoms with van der Waals surface area (Å²) in [6, 6.07) is -3.68. The van der Waals surface area contributed by atoms with Gasteiger partial charge in [-0.1, -0.05) is 59.8 Å². The first-order valence-corrected chi connectivity index (χ1v) is 18.2. The molecule has 0 spiro atoms. The Kier molecular flexibility index (Phi) is 11.7. The van der Waals surface area contributed by atoms with Crippen LogP contribution in [0, 0.1) is 23.2 Å². The molecule has 1 aromatic rings. The van der Waals surface area contributed by atoms with Crippen molar-refractivity contribution in [3.8, 4) is 0 Å². The maximum atomic E-state index is 14.6. The number of ketones is 1. The SMILES string of the molecule is CCC[C@H](NC(=O)C1[C@H]2CCC[C@H]2CN1C(=O)[C@@H](NC(=O)[C@@H](NC(=O)c1cnccn1)C1CCCCC1)C(C)(C)C)C(=O)C(=O)NC1CC1. The summed E-state index contributed by atoms with van der Waals surface area (Å²) in [5.74, 6) is -3.20. The first-order valence-electron chi connectivity index (χ1n) is 18.2. The van der Waals surface area contributed by atoms with Gasteiger partial charge in [0.1, 0.15) is 23.8 Å². The van der Waals surface area contributed by atoms with Crippen LogP contribution in [0.25, 0.3) is 0 Å². The monoisotopic (exact) mass is 679 g/mol. The van der Waals surface area contributed by atoms with E-state index >= 15 is 0 Å². The maximum Gasteiger partial charge on any atom is 0.289 e. The van der Waals surface area contributed by atoms with E-state index in [9.17, 15) is 28.8 Å². The van der Waals surface area contributed by atoms with Crippen molar-refractivity contribution in [2.45, 2.75) is 135 Å². The van der Waals surface area contributed by atoms with Gasteiger partial charge in [-0.05, 0) is 68.1 Å². The van der Waals surface area contributed by atoms with Crippen LogP contribution in [0.15, 0.2) is 18.6 Å². The van der Waals surface area contributed by atoms with Crippen LogP contribution in [0.1, 0.15) is 115 Å². The highest BCUT2D eigenvalue weighted by atomic mass is 16.2. The number of amides is 5. The number of carbonyl (C=O) groups is 6. The molecule has 4 fully saturated rings. The lowest BCUT2D eigenvalue weighted by Crippen LogP contribution is -2.62. The van der Waals surface area contributed by atoms with E-state index in [2.05, 4.69) is 31.2 Å². The topological polar surface area (TPSA) is 180 Å². The van der Waals surface area contributed by atoms with E-state index in [0.29, 0.717) is 19.4 Å². The summed E-state index contributed by atoms with van der Waals surface area (Å²) >= 11 is 0. The van der Waals surface area contributed by atoms with Gasteiger partial charge in [-0.25, -0.2) is 4.98 Å². The van der Waals surface area contributed by atoms with E-state index in [1.165, 1.54) is 18.6 Å². The molecule has 4 aliphatic rings. The van der Waals surface area contributed by atoms with Gasteiger partial charge in [0.25, 0.3) is 11.8 Å². The Morgan fingerprint density at radius 1 is 0.898 bits per heavy atom. The zero-order valence-electron chi connectivity index (χ0n) is 29.3. The molecule has 3 saturated carbocycles. The van der Waals surface area contributed by atoms with Crippen molar-refractivity contribution in [3.63, 3.8) is 0 Å². The highest BCUT2D eigenvalue weighted by molar-refractivity contribution is 6.38. The smallest absolute Gasteiger partial charge is 0.289 e. The molecule has 13 nitrogen and oxygen atoms in total. The molecule has 0 aromatic carbocycles. The maximum absolute atomic E-state index is 14.6. The molecule has 49 heavy (non-hydrogen) atoms. The molecular weight excluding hydrogens is 626 g/mol. The second kappa shape index (κ2) is 15.8. The number of aromatic nitrogens is 2. The molecule has 0 radical (unpaired) electrons. The average Bonchev–Trinajstić information content (AvgIpc) is 3.65. The number of fused-ring (bicyclic) bond motifs is 1. The Balaban J connectivity index is 1.36. The molecule has 4 N–H and O–H groups in total. The van der Waals surface area contributed by atoms with Gasteiger partial charge in [-0.2, -0.15) is 0 Å². The van der Waals surface area contributed by atoms with E-state index < -0.39 is 59.0 Å². The summed E-state index contributed by atoms with van der Waals surface area (Å²) in [5, 5.41) is 11.5. The fourth-order valence-electron chi connectivity index (χ4n) is 7.87. The number of hydrogen-bond donors (Lipinski definition) is 4. The van der Waals surface area contributed by atoms with Crippen LogP contribution < -0.4 is 21.3 Å². The van der Waals surface area contributed by atoms with Crippen LogP contribution in [0.2, 0.25) is 0 Å². The number of nitrogens with one attached hydrogen (secondary N) is 4. The van der Waals surface area contributed by atoms with E-state index in [1.807, 2.05) is 27.7 Å². The lowest BCUT2D eigenvalue weighted by molar-refractivity contribution is -0.146. The minimum Gasteiger partial charge on any atom is -0.347 e. The fourth-order valence-corrected chi connectivity index (χ4v) is 7.87. The summed E-state index contributed by atoms with van der Waals surface area (Å²) in [6.45, 7) is 7.85. The van der Waals surface area contributed by atoms with Crippen LogP contribution in [-0.2, 0) is 24.0 Å². The summed E-state index contributed by atoms with van der Waals surface area (Å²) < 4.78 is 0. The van der Waals surface area contributed by atoms with Crippen molar-refractivity contribution in [3.05, 3.63) is 24.3 Å². The number of likely N-dealkylation sites (tertiary alicyclic amines) is 1. The second-order valence-corrected chi connectivity index (χ2v) is 15.5. The van der Waals surface area contributed by atoms with Gasteiger partial charge in [0.15, 0.2) is 0 Å². The number of rotatable bonds is 13. The van der Waals surface area contributed by atoms with Gasteiger partial charge in [0, 0.05) is 25.0 Å². The lowest BCUT2D eigenvalue weighted by atomic mass is 9.82. The Bertz CT molecular complexity index is 1390. The van der Waals surface area contributed by atoms with Gasteiger partial charge >= 0.3 is 0 Å². The highest BCUT2D eigenvalue weighted by Gasteiger charge is 2.52. The van der Waals surface area contributed by atoms with Crippen LogP contribution in [0.4, 0.5) is 0 Å². The normalized spacial score (nSPS) is 24.2. The summed E-state index contributed by atoms with van der Waals surface area (Å²) in [7, 11) is 0. The van der Waals surface area contributed by atoms with Crippen molar-refractivity contribution in [2.75, 3.05) is 6.54 Å². The van der Waals surface area contributed by atoms with Crippen molar-refractivity contribution in [1.82, 2.24) is 36.1 Å². The van der Waals surface area contributed by atoms with Crippen molar-refractivity contribution in [2.24, 2.45) is 23.2 Å². The number of Topliss-reactive ketones (excluding diaryl/α,β-unsaturated/α-hetero) is 1. The Hall–Kier alpha value is -3.90. The second-order valence-electron chi connectivity index (χ2n) is 15.5. The van der Waals surface area contributed by atoms with Crippen molar-refractivity contribution >= 4 is 35.3 Å². The number of nitrogens with zero attached hydrogens (tertiary/aromatic N) is 3. The third-order valence-corrected chi connectivity index (χ3v) is 10.7. The molecule has 1 aromatic heterocycles. The Morgan fingerprint density at radius 3 is 2.27 bits per heavy atom. The molecule has 1 saturated heterocycles. The third kappa shape index (κ3) is 8.83. The number of hydrogen-bond acceptors (Lipinski definition) is 8. The molecular formula is C36H53N7O6. The first-order chi connectivity index (χ1) is 23.4. The van der Waals surface area contributed by atoms with E-state index in [-0.39, 0.29) is 35.4 Å². The molecule has 1 aliphatic heterocycles. The van der Waals surface area contributed by atoms with Gasteiger partial charge in [-0.15, -0.1) is 0 Å². The quantitative estimate of drug-likeness (QED) is 0.230. The first kappa shape index (κ1) is 36.4. The molecule has 13 heteroatoms. The third-order valence-electron chi connectivity index (χ3n) is 10.7. The molecule has 6 atom stereocenters. The van der Waals surface area contributed by atoms with Gasteiger partial charge in [0.2, 0.25) is 23.5 Å². The molecule has 0 bridgehead atoms. The largest absolute Gasteiger partial charge is 0.347 e. The molecule has 3 aliphatic carbocycles. The zero-order chi connectivity index (χ0) is 35.3. The van der Waals surface area contributed by atoms with Gasteiger partial charge in [0.05, 0.1) is 12.2 Å². The molecule has 5 rings (SSSR count). The summed E-state index contributed by atoms with van der Waals surface area (Å²) in [4.78, 5) is 91.4. The molecule has 268 valence electrons. The number of carbonyl (C=O) groups excluding carboxylic acids is 6. The van der Waals surface area contributed by atoms with Crippen molar-refractivity contribution < 1.29 is 28.8 Å². The lowest BCUT2D eigenvalue weighted by Gasteiger charge is -2.38. The standard InChI is InChI=1S/C36H53N7O6/c1-5-10-25(29(44)34(48)39-23-15-16-23)40-33(47)28-24-14-9-13-22(24)20-43(28)35(49)30(36(2,3)4)42-32(46)27(21-11-7-6-8-12-21)41-31(45)26-19-37-17-18-38-26/h17-19,21-25,27-28,30H,5-16,20H2,1-4H3,(H,39,48)(H,40,47)(H,41,45)(H,42,46)/t22-,24-,25-,27-,28?,30+/m0/s1. The van der Waals surface area contributed by atoms with Crippen molar-refractivity contribution in [1.29, 1.82) is 0 Å². The fraction of sp³-hybridized carbons (Fsp3) is 0.722. The predicted octanol–water partition coefficient (Wildman–Crippen LogP) is 2.45. The van der Waals surface area contributed by atoms with Crippen LogP contribution >= 0.6 is 0 Å². The van der Waals surface area contributed by atoms with E-state index in [4.69, 9.17) is 0 Å².